The molecular formula is C22H22N2O4. The third-order valence-corrected chi connectivity index (χ3v) is 4.21. The number of hydrogen-bond acceptors (Lipinski definition) is 5. The number of benzene rings is 2. The molecule has 6 heteroatoms. The van der Waals surface area contributed by atoms with Crippen molar-refractivity contribution in [3.05, 3.63) is 89.8 Å². The minimum absolute atomic E-state index is 0.0431. The second-order valence-corrected chi connectivity index (χ2v) is 6.20. The van der Waals surface area contributed by atoms with Gasteiger partial charge in [-0.2, -0.15) is 0 Å². The maximum Gasteiger partial charge on any atom is 0.411 e. The van der Waals surface area contributed by atoms with Crippen LogP contribution in [-0.2, 0) is 20.9 Å². The van der Waals surface area contributed by atoms with Gasteiger partial charge in [0.05, 0.1) is 7.11 Å². The molecule has 0 radical (unpaired) electrons. The molecule has 1 aliphatic rings. The van der Waals surface area contributed by atoms with E-state index in [2.05, 4.69) is 5.32 Å². The summed E-state index contributed by atoms with van der Waals surface area (Å²) < 4.78 is 10.1. The van der Waals surface area contributed by atoms with Crippen LogP contribution in [0.4, 0.5) is 4.79 Å². The number of carbonyl (C=O) groups is 2. The number of alkyl carbamates (subject to hydrolysis) is 1. The maximum atomic E-state index is 12.1. The lowest BCUT2D eigenvalue weighted by Crippen LogP contribution is -2.31. The molecule has 0 unspecified atom stereocenters. The summed E-state index contributed by atoms with van der Waals surface area (Å²) in [4.78, 5) is 25.7. The molecular weight excluding hydrogens is 356 g/mol. The van der Waals surface area contributed by atoms with Crippen LogP contribution in [0.2, 0.25) is 0 Å². The van der Waals surface area contributed by atoms with Crippen LogP contribution in [0.5, 0.6) is 0 Å². The average Bonchev–Trinajstić information content (AvgIpc) is 2.74. The molecule has 6 nitrogen and oxygen atoms in total. The number of nitrogens with one attached hydrogen (secondary N) is 1. The number of rotatable bonds is 6. The number of carbonyl (C=O) groups excluding carboxylic acids is 2. The van der Waals surface area contributed by atoms with Crippen LogP contribution in [0.15, 0.2) is 78.6 Å². The Morgan fingerprint density at radius 1 is 1.04 bits per heavy atom. The van der Waals surface area contributed by atoms with E-state index < -0.39 is 6.09 Å². The van der Waals surface area contributed by atoms with Crippen LogP contribution in [0.25, 0.3) is 5.70 Å². The molecule has 0 fully saturated rings. The fourth-order valence-electron chi connectivity index (χ4n) is 2.83. The molecule has 0 spiro atoms. The summed E-state index contributed by atoms with van der Waals surface area (Å²) in [6.07, 6.45) is 3.68. The first-order valence-electron chi connectivity index (χ1n) is 8.93. The van der Waals surface area contributed by atoms with Crippen molar-refractivity contribution >= 4 is 17.8 Å². The minimum Gasteiger partial charge on any atom is -0.468 e. The first kappa shape index (κ1) is 19.2. The summed E-state index contributed by atoms with van der Waals surface area (Å²) >= 11 is 0. The number of nitrogens with zero attached hydrogens (tertiary/aromatic N) is 1. The Kier molecular flexibility index (Phi) is 6.46. The predicted octanol–water partition coefficient (Wildman–Crippen LogP) is 3.67. The van der Waals surface area contributed by atoms with E-state index in [4.69, 9.17) is 9.47 Å². The van der Waals surface area contributed by atoms with Crippen LogP contribution < -0.4 is 5.32 Å². The minimum atomic E-state index is -0.537. The number of hydrogen-bond donors (Lipinski definition) is 1. The van der Waals surface area contributed by atoms with Gasteiger partial charge in [0, 0.05) is 24.0 Å². The highest BCUT2D eigenvalue weighted by Crippen LogP contribution is 2.26. The predicted molar refractivity (Wildman–Crippen MR) is 106 cm³/mol. The summed E-state index contributed by atoms with van der Waals surface area (Å²) in [5.41, 5.74) is 3.41. The van der Waals surface area contributed by atoms with E-state index in [0.717, 1.165) is 16.8 Å². The number of ether oxygens (including phenoxy) is 2. The molecule has 144 valence electrons. The molecule has 2 aromatic carbocycles. The van der Waals surface area contributed by atoms with Gasteiger partial charge in [-0.05, 0) is 11.1 Å². The lowest BCUT2D eigenvalue weighted by Gasteiger charge is -2.28. The van der Waals surface area contributed by atoms with Gasteiger partial charge in [-0.3, -0.25) is 10.1 Å². The zero-order valence-electron chi connectivity index (χ0n) is 15.6. The molecule has 1 aliphatic heterocycles. The monoisotopic (exact) mass is 378 g/mol. The summed E-state index contributed by atoms with van der Waals surface area (Å²) in [6.45, 7) is 0.235. The van der Waals surface area contributed by atoms with Crippen molar-refractivity contribution in [2.45, 2.75) is 13.0 Å². The Labute approximate surface area is 164 Å². The zero-order chi connectivity index (χ0) is 19.8. The van der Waals surface area contributed by atoms with Gasteiger partial charge in [0.1, 0.15) is 13.2 Å². The third kappa shape index (κ3) is 5.23. The van der Waals surface area contributed by atoms with Gasteiger partial charge in [0.15, 0.2) is 0 Å². The molecule has 1 heterocycles. The van der Waals surface area contributed by atoms with E-state index >= 15 is 0 Å². The summed E-state index contributed by atoms with van der Waals surface area (Å²) in [5, 5.41) is 2.74. The highest BCUT2D eigenvalue weighted by atomic mass is 16.5. The van der Waals surface area contributed by atoms with Gasteiger partial charge in [-0.15, -0.1) is 0 Å². The number of methoxy groups -OCH3 is 1. The Hall–Kier alpha value is -3.54. The van der Waals surface area contributed by atoms with Crippen LogP contribution in [0.1, 0.15) is 17.5 Å². The van der Waals surface area contributed by atoms with Crippen molar-refractivity contribution in [1.82, 2.24) is 10.2 Å². The number of esters is 1. The van der Waals surface area contributed by atoms with Crippen LogP contribution >= 0.6 is 0 Å². The molecule has 3 rings (SSSR count). The van der Waals surface area contributed by atoms with Crippen molar-refractivity contribution < 1.29 is 19.1 Å². The summed E-state index contributed by atoms with van der Waals surface area (Å²) in [6, 6.07) is 19.2. The van der Waals surface area contributed by atoms with E-state index in [-0.39, 0.29) is 19.1 Å². The Morgan fingerprint density at radius 3 is 2.39 bits per heavy atom. The van der Waals surface area contributed by atoms with E-state index in [1.165, 1.54) is 7.11 Å². The Bertz CT molecular complexity index is 876. The van der Waals surface area contributed by atoms with Crippen LogP contribution in [0.3, 0.4) is 0 Å². The van der Waals surface area contributed by atoms with E-state index in [9.17, 15) is 9.59 Å². The van der Waals surface area contributed by atoms with Gasteiger partial charge in [0.2, 0.25) is 0 Å². The smallest absolute Gasteiger partial charge is 0.411 e. The average molecular weight is 378 g/mol. The first-order chi connectivity index (χ1) is 13.7. The molecule has 1 amide bonds. The summed E-state index contributed by atoms with van der Waals surface area (Å²) in [7, 11) is 1.35. The highest BCUT2D eigenvalue weighted by Gasteiger charge is 2.19. The lowest BCUT2D eigenvalue weighted by atomic mass is 10.1. The van der Waals surface area contributed by atoms with Gasteiger partial charge in [0.25, 0.3) is 0 Å². The van der Waals surface area contributed by atoms with E-state index in [1.807, 2.05) is 66.7 Å². The Morgan fingerprint density at radius 2 is 1.71 bits per heavy atom. The highest BCUT2D eigenvalue weighted by molar-refractivity contribution is 5.77. The van der Waals surface area contributed by atoms with Crippen molar-refractivity contribution in [2.75, 3.05) is 13.7 Å². The van der Waals surface area contributed by atoms with Crippen molar-refractivity contribution in [1.29, 1.82) is 0 Å². The lowest BCUT2D eigenvalue weighted by molar-refractivity contribution is -0.140. The second-order valence-electron chi connectivity index (χ2n) is 6.20. The summed E-state index contributed by atoms with van der Waals surface area (Å²) in [5.74, 6) is -0.369. The van der Waals surface area contributed by atoms with Gasteiger partial charge in [-0.1, -0.05) is 66.7 Å². The second kappa shape index (κ2) is 9.41. The van der Waals surface area contributed by atoms with Crippen molar-refractivity contribution in [3.63, 3.8) is 0 Å². The maximum absolute atomic E-state index is 12.1. The van der Waals surface area contributed by atoms with Crippen molar-refractivity contribution in [3.8, 4) is 0 Å². The van der Waals surface area contributed by atoms with Crippen LogP contribution in [-0.4, -0.2) is 30.6 Å². The van der Waals surface area contributed by atoms with E-state index in [0.29, 0.717) is 12.1 Å². The molecule has 0 aliphatic carbocycles. The fraction of sp³-hybridized carbons (Fsp3) is 0.182. The SMILES string of the molecule is COC(=O)CN1C=C(NC(=O)OCc2ccccc2)CC=C1c1ccccc1. The number of amides is 1. The van der Waals surface area contributed by atoms with E-state index in [1.54, 1.807) is 11.1 Å². The van der Waals surface area contributed by atoms with Gasteiger partial charge in [-0.25, -0.2) is 4.79 Å². The fourth-order valence-corrected chi connectivity index (χ4v) is 2.83. The topological polar surface area (TPSA) is 67.9 Å². The molecule has 0 saturated heterocycles. The molecule has 2 aromatic rings. The normalized spacial score (nSPS) is 13.2. The standard InChI is InChI=1S/C22H22N2O4/c1-27-21(25)15-24-14-19(12-13-20(24)18-10-6-3-7-11-18)23-22(26)28-16-17-8-4-2-5-9-17/h2-11,13-14H,12,15-16H2,1H3,(H,23,26). The molecule has 0 bridgehead atoms. The zero-order valence-corrected chi connectivity index (χ0v) is 15.6. The largest absolute Gasteiger partial charge is 0.468 e. The first-order valence-corrected chi connectivity index (χ1v) is 8.93. The quantitative estimate of drug-likeness (QED) is 0.777. The molecule has 1 N–H and O–H groups in total. The Balaban J connectivity index is 1.66. The molecule has 0 atom stereocenters. The third-order valence-electron chi connectivity index (χ3n) is 4.21. The van der Waals surface area contributed by atoms with Gasteiger partial charge < -0.3 is 14.4 Å². The molecule has 28 heavy (non-hydrogen) atoms. The molecule has 0 aromatic heterocycles. The number of allylic oxidation sites excluding steroid dienone is 1. The molecule has 0 saturated carbocycles. The van der Waals surface area contributed by atoms with Crippen molar-refractivity contribution in [2.24, 2.45) is 0 Å². The van der Waals surface area contributed by atoms with Crippen LogP contribution in [0, 0.1) is 0 Å². The van der Waals surface area contributed by atoms with Gasteiger partial charge >= 0.3 is 12.1 Å².